The van der Waals surface area contributed by atoms with Gasteiger partial charge in [0.2, 0.25) is 0 Å². The Kier molecular flexibility index (Phi) is 11.4. The molecule has 0 unspecified atom stereocenters. The molecule has 0 radical (unpaired) electrons. The summed E-state index contributed by atoms with van der Waals surface area (Å²) in [5, 5.41) is 0. The maximum Gasteiger partial charge on any atom is 0.126 e. The van der Waals surface area contributed by atoms with Crippen molar-refractivity contribution in [1.82, 2.24) is 0 Å². The molecule has 0 atom stereocenters. The summed E-state index contributed by atoms with van der Waals surface area (Å²) in [4.78, 5) is 0. The van der Waals surface area contributed by atoms with Crippen molar-refractivity contribution < 1.29 is 37.9 Å². The van der Waals surface area contributed by atoms with E-state index in [2.05, 4.69) is 48.5 Å². The molecule has 0 spiro atoms. The van der Waals surface area contributed by atoms with E-state index < -0.39 is 0 Å². The van der Waals surface area contributed by atoms with Gasteiger partial charge in [0.25, 0.3) is 0 Å². The molecule has 4 aromatic rings. The lowest BCUT2D eigenvalue weighted by molar-refractivity contribution is 0.349. The van der Waals surface area contributed by atoms with Crippen LogP contribution in [0.2, 0.25) is 0 Å². The monoisotopic (exact) mass is 736 g/mol. The lowest BCUT2D eigenvalue weighted by Gasteiger charge is -2.32. The smallest absolute Gasteiger partial charge is 0.126 e. The van der Waals surface area contributed by atoms with Crippen LogP contribution in [0.25, 0.3) is 0 Å². The Bertz CT molecular complexity index is 1670. The second-order valence-electron chi connectivity index (χ2n) is 15.1. The second-order valence-corrected chi connectivity index (χ2v) is 15.1. The number of benzene rings is 4. The molecule has 0 amide bonds. The van der Waals surface area contributed by atoms with Gasteiger partial charge in [-0.15, -0.1) is 0 Å². The summed E-state index contributed by atoms with van der Waals surface area (Å²) in [5.41, 5.74) is 9.46. The average Bonchev–Trinajstić information content (AvgIpc) is 3.22. The van der Waals surface area contributed by atoms with Crippen molar-refractivity contribution in [1.29, 1.82) is 0 Å². The highest BCUT2D eigenvalue weighted by Gasteiger charge is 2.32. The van der Waals surface area contributed by atoms with Crippen LogP contribution in [0.4, 0.5) is 0 Å². The summed E-state index contributed by atoms with van der Waals surface area (Å²) in [6.07, 6.45) is 9.61. The van der Waals surface area contributed by atoms with Gasteiger partial charge in [-0.3, -0.25) is 0 Å². The zero-order valence-electron chi connectivity index (χ0n) is 33.3. The number of rotatable bonds is 8. The highest BCUT2D eigenvalue weighted by molar-refractivity contribution is 5.56. The van der Waals surface area contributed by atoms with Gasteiger partial charge in [0.05, 0.1) is 56.9 Å². The lowest BCUT2D eigenvalue weighted by Crippen LogP contribution is -2.15. The van der Waals surface area contributed by atoms with E-state index in [1.54, 1.807) is 56.9 Å². The van der Waals surface area contributed by atoms with Crippen molar-refractivity contribution in [2.24, 2.45) is 0 Å². The molecule has 12 bridgehead atoms. The molecule has 0 aliphatic heterocycles. The van der Waals surface area contributed by atoms with Crippen LogP contribution in [0.3, 0.4) is 0 Å². The molecule has 0 saturated heterocycles. The molecule has 288 valence electrons. The second kappa shape index (κ2) is 16.3. The summed E-state index contributed by atoms with van der Waals surface area (Å²) >= 11 is 0. The third-order valence-electron chi connectivity index (χ3n) is 12.5. The summed E-state index contributed by atoms with van der Waals surface area (Å²) < 4.78 is 48.1. The Morgan fingerprint density at radius 3 is 0.630 bits per heavy atom. The van der Waals surface area contributed by atoms with Gasteiger partial charge < -0.3 is 37.9 Å². The standard InChI is InChI=1S/C46H56O8/c1-47-39-23-43(51-5)35-19-31(39)17-32-20-36(44(52-6)24-40(32)48-2)28-13-15-30(16-14-28)38-22-34(42(50-4)26-46(38)54-8)18-33-21-37(29-11-9-27(35)10-12-29)45(53-7)25-41(33)49-3/h19-30H,9-18H2,1-8H3. The van der Waals surface area contributed by atoms with Crippen LogP contribution in [0.1, 0.15) is 120 Å². The lowest BCUT2D eigenvalue weighted by atomic mass is 9.74. The molecule has 8 nitrogen and oxygen atoms in total. The molecule has 0 heterocycles. The third-order valence-corrected chi connectivity index (χ3v) is 12.5. The fourth-order valence-corrected chi connectivity index (χ4v) is 9.64. The SMILES string of the molecule is COc1cc(OC)c2cc1Cc1cc(c(OC)cc1OC)C1CCC(CC1)c1cc(c(OC)cc1OC)Cc1cc(c(OC)cc1OC)C1CCC2CC1. The fraction of sp³-hybridized carbons (Fsp3) is 0.478. The van der Waals surface area contributed by atoms with Crippen LogP contribution < -0.4 is 37.9 Å². The highest BCUT2D eigenvalue weighted by Crippen LogP contribution is 2.50. The maximum atomic E-state index is 6.03. The molecule has 8 heteroatoms. The molecule has 2 saturated carbocycles. The van der Waals surface area contributed by atoms with Crippen molar-refractivity contribution in [2.75, 3.05) is 56.9 Å². The van der Waals surface area contributed by atoms with Crippen molar-refractivity contribution >= 4 is 0 Å². The first-order valence-corrected chi connectivity index (χ1v) is 19.4. The van der Waals surface area contributed by atoms with Gasteiger partial charge in [-0.05, 0) is 144 Å². The Balaban J connectivity index is 1.38. The number of hydrogen-bond acceptors (Lipinski definition) is 8. The molecule has 0 aromatic heterocycles. The van der Waals surface area contributed by atoms with Crippen LogP contribution in [0.15, 0.2) is 48.5 Å². The van der Waals surface area contributed by atoms with Crippen LogP contribution >= 0.6 is 0 Å². The Morgan fingerprint density at radius 2 is 0.463 bits per heavy atom. The number of methoxy groups -OCH3 is 8. The summed E-state index contributed by atoms with van der Waals surface area (Å²) in [5.74, 6) is 8.22. The Labute approximate surface area is 321 Å². The Hall–Kier alpha value is -4.72. The van der Waals surface area contributed by atoms with Crippen LogP contribution in [0.5, 0.6) is 46.0 Å². The number of hydrogen-bond donors (Lipinski definition) is 0. The van der Waals surface area contributed by atoms with Gasteiger partial charge in [0.1, 0.15) is 46.0 Å². The summed E-state index contributed by atoms with van der Waals surface area (Å²) in [6, 6.07) is 17.6. The minimum atomic E-state index is 0.355. The fourth-order valence-electron chi connectivity index (χ4n) is 9.64. The molecular weight excluding hydrogens is 680 g/mol. The minimum Gasteiger partial charge on any atom is -0.496 e. The van der Waals surface area contributed by atoms with E-state index in [4.69, 9.17) is 37.9 Å². The Morgan fingerprint density at radius 1 is 0.278 bits per heavy atom. The molecule has 6 aliphatic carbocycles. The molecule has 54 heavy (non-hydrogen) atoms. The normalized spacial score (nSPS) is 20.6. The minimum absolute atomic E-state index is 0.355. The topological polar surface area (TPSA) is 73.8 Å². The molecular formula is C46H56O8. The number of ether oxygens (including phenoxy) is 8. The highest BCUT2D eigenvalue weighted by atomic mass is 16.5. The van der Waals surface area contributed by atoms with Gasteiger partial charge in [-0.25, -0.2) is 0 Å². The predicted molar refractivity (Wildman–Crippen MR) is 212 cm³/mol. The van der Waals surface area contributed by atoms with Crippen LogP contribution in [-0.2, 0) is 12.8 Å². The van der Waals surface area contributed by atoms with Crippen molar-refractivity contribution in [3.63, 3.8) is 0 Å². The summed E-state index contributed by atoms with van der Waals surface area (Å²) in [6.45, 7) is 0. The first kappa shape index (κ1) is 37.6. The van der Waals surface area contributed by atoms with Crippen molar-refractivity contribution in [2.45, 2.75) is 87.9 Å². The first-order chi connectivity index (χ1) is 26.4. The molecule has 6 aliphatic rings. The van der Waals surface area contributed by atoms with Crippen molar-refractivity contribution in [3.8, 4) is 46.0 Å². The zero-order valence-corrected chi connectivity index (χ0v) is 33.3. The largest absolute Gasteiger partial charge is 0.496 e. The van der Waals surface area contributed by atoms with Gasteiger partial charge in [0, 0.05) is 37.1 Å². The van der Waals surface area contributed by atoms with Gasteiger partial charge in [-0.1, -0.05) is 0 Å². The first-order valence-electron chi connectivity index (χ1n) is 19.4. The quantitative estimate of drug-likeness (QED) is 0.177. The van der Waals surface area contributed by atoms with E-state index >= 15 is 0 Å². The van der Waals surface area contributed by atoms with E-state index in [1.165, 1.54) is 22.3 Å². The molecule has 2 fully saturated rings. The van der Waals surface area contributed by atoms with Crippen LogP contribution in [0, 0.1) is 0 Å². The van der Waals surface area contributed by atoms with Crippen LogP contribution in [-0.4, -0.2) is 56.9 Å². The van der Waals surface area contributed by atoms with Gasteiger partial charge >= 0.3 is 0 Å². The molecule has 10 rings (SSSR count). The third kappa shape index (κ3) is 7.12. The van der Waals surface area contributed by atoms with Gasteiger partial charge in [-0.2, -0.15) is 0 Å². The van der Waals surface area contributed by atoms with Gasteiger partial charge in [0.15, 0.2) is 0 Å². The predicted octanol–water partition coefficient (Wildman–Crippen LogP) is 10.1. The van der Waals surface area contributed by atoms with E-state index in [0.29, 0.717) is 36.5 Å². The average molecular weight is 737 g/mol. The molecule has 0 N–H and O–H groups in total. The zero-order chi connectivity index (χ0) is 37.9. The van der Waals surface area contributed by atoms with E-state index in [0.717, 1.165) is 120 Å². The molecule has 4 aromatic carbocycles. The summed E-state index contributed by atoms with van der Waals surface area (Å²) in [7, 11) is 14.0. The maximum absolute atomic E-state index is 6.03. The van der Waals surface area contributed by atoms with E-state index in [-0.39, 0.29) is 0 Å². The van der Waals surface area contributed by atoms with E-state index in [1.807, 2.05) is 0 Å². The van der Waals surface area contributed by atoms with Crippen molar-refractivity contribution in [3.05, 3.63) is 93.0 Å². The van der Waals surface area contributed by atoms with E-state index in [9.17, 15) is 0 Å².